The van der Waals surface area contributed by atoms with E-state index in [4.69, 9.17) is 0 Å². The van der Waals surface area contributed by atoms with Crippen LogP contribution in [-0.2, 0) is 0 Å². The molecule has 1 aromatic rings. The molecule has 0 spiro atoms. The zero-order chi connectivity index (χ0) is 10.4. The minimum Gasteiger partial charge on any atom is -0.314 e. The van der Waals surface area contributed by atoms with Crippen LogP contribution < -0.4 is 5.32 Å². The Kier molecular flexibility index (Phi) is 4.68. The molecule has 0 aliphatic carbocycles. The van der Waals surface area contributed by atoms with Crippen LogP contribution in [0, 0.1) is 0 Å². The van der Waals surface area contributed by atoms with Crippen molar-refractivity contribution in [2.45, 2.75) is 39.2 Å². The predicted molar refractivity (Wildman–Crippen MR) is 62.6 cm³/mol. The van der Waals surface area contributed by atoms with Crippen LogP contribution in [0.3, 0.4) is 0 Å². The van der Waals surface area contributed by atoms with E-state index in [2.05, 4.69) is 56.4 Å². The fourth-order valence-electron chi connectivity index (χ4n) is 1.42. The van der Waals surface area contributed by atoms with Gasteiger partial charge in [0, 0.05) is 12.6 Å². The summed E-state index contributed by atoms with van der Waals surface area (Å²) in [4.78, 5) is 0. The summed E-state index contributed by atoms with van der Waals surface area (Å²) in [7, 11) is 0. The normalized spacial score (nSPS) is 15.1. The van der Waals surface area contributed by atoms with Crippen molar-refractivity contribution in [2.75, 3.05) is 6.54 Å². The predicted octanol–water partition coefficient (Wildman–Crippen LogP) is 3.18. The average Bonchev–Trinajstić information content (AvgIpc) is 2.26. The molecule has 0 radical (unpaired) electrons. The summed E-state index contributed by atoms with van der Waals surface area (Å²) in [5, 5.41) is 3.53. The number of nitrogens with one attached hydrogen (secondary N) is 1. The Balaban J connectivity index is 2.39. The zero-order valence-corrected chi connectivity index (χ0v) is 9.46. The lowest BCUT2D eigenvalue weighted by Crippen LogP contribution is -2.28. The second-order valence-electron chi connectivity index (χ2n) is 4.03. The standard InChI is InChI=1S/C13H21N/c1-4-12(3)14-10-11(2)13-8-6-5-7-9-13/h5-9,11-12,14H,4,10H2,1-3H3/t11-,12+/m1/s1. The van der Waals surface area contributed by atoms with E-state index in [9.17, 15) is 0 Å². The Hall–Kier alpha value is -0.820. The molecule has 0 aliphatic rings. The maximum atomic E-state index is 3.53. The van der Waals surface area contributed by atoms with Crippen molar-refractivity contribution in [1.82, 2.24) is 5.32 Å². The van der Waals surface area contributed by atoms with Crippen LogP contribution >= 0.6 is 0 Å². The number of hydrogen-bond acceptors (Lipinski definition) is 1. The summed E-state index contributed by atoms with van der Waals surface area (Å²) >= 11 is 0. The van der Waals surface area contributed by atoms with Crippen molar-refractivity contribution in [3.8, 4) is 0 Å². The molecule has 0 saturated carbocycles. The average molecular weight is 191 g/mol. The maximum absolute atomic E-state index is 3.53. The van der Waals surface area contributed by atoms with Crippen molar-refractivity contribution in [2.24, 2.45) is 0 Å². The Labute approximate surface area is 87.5 Å². The van der Waals surface area contributed by atoms with Gasteiger partial charge in [-0.1, -0.05) is 44.2 Å². The molecule has 0 fully saturated rings. The lowest BCUT2D eigenvalue weighted by molar-refractivity contribution is 0.508. The van der Waals surface area contributed by atoms with Crippen LogP contribution in [0.15, 0.2) is 30.3 Å². The molecule has 1 heteroatoms. The molecule has 1 N–H and O–H groups in total. The molecule has 0 unspecified atom stereocenters. The third-order valence-corrected chi connectivity index (χ3v) is 2.75. The summed E-state index contributed by atoms with van der Waals surface area (Å²) in [6.07, 6.45) is 1.20. The highest BCUT2D eigenvalue weighted by molar-refractivity contribution is 5.18. The van der Waals surface area contributed by atoms with Gasteiger partial charge < -0.3 is 5.32 Å². The monoisotopic (exact) mass is 191 g/mol. The van der Waals surface area contributed by atoms with Crippen molar-refractivity contribution in [1.29, 1.82) is 0 Å². The SMILES string of the molecule is CC[C@H](C)NC[C@@H](C)c1ccccc1. The van der Waals surface area contributed by atoms with E-state index in [1.165, 1.54) is 12.0 Å². The van der Waals surface area contributed by atoms with Crippen molar-refractivity contribution >= 4 is 0 Å². The first-order chi connectivity index (χ1) is 6.74. The summed E-state index contributed by atoms with van der Waals surface area (Å²) in [6.45, 7) is 7.78. The van der Waals surface area contributed by atoms with Gasteiger partial charge in [0.15, 0.2) is 0 Å². The Morgan fingerprint density at radius 1 is 1.14 bits per heavy atom. The highest BCUT2D eigenvalue weighted by Crippen LogP contribution is 2.13. The second kappa shape index (κ2) is 5.82. The third-order valence-electron chi connectivity index (χ3n) is 2.75. The number of hydrogen-bond donors (Lipinski definition) is 1. The summed E-state index contributed by atoms with van der Waals surface area (Å²) < 4.78 is 0. The molecular formula is C13H21N. The lowest BCUT2D eigenvalue weighted by Gasteiger charge is -2.16. The van der Waals surface area contributed by atoms with Gasteiger partial charge in [0.25, 0.3) is 0 Å². The van der Waals surface area contributed by atoms with Crippen molar-refractivity contribution < 1.29 is 0 Å². The lowest BCUT2D eigenvalue weighted by atomic mass is 10.0. The van der Waals surface area contributed by atoms with Gasteiger partial charge in [-0.25, -0.2) is 0 Å². The molecule has 0 saturated heterocycles. The first-order valence-corrected chi connectivity index (χ1v) is 5.52. The first-order valence-electron chi connectivity index (χ1n) is 5.52. The topological polar surface area (TPSA) is 12.0 Å². The van der Waals surface area contributed by atoms with E-state index in [1.807, 2.05) is 0 Å². The van der Waals surface area contributed by atoms with Gasteiger partial charge >= 0.3 is 0 Å². The Bertz CT molecular complexity index is 243. The molecule has 14 heavy (non-hydrogen) atoms. The fourth-order valence-corrected chi connectivity index (χ4v) is 1.42. The molecule has 0 aliphatic heterocycles. The molecular weight excluding hydrogens is 170 g/mol. The molecule has 0 aromatic heterocycles. The van der Waals surface area contributed by atoms with Gasteiger partial charge in [-0.05, 0) is 24.8 Å². The number of benzene rings is 1. The quantitative estimate of drug-likeness (QED) is 0.753. The minimum atomic E-state index is 0.602. The van der Waals surface area contributed by atoms with E-state index >= 15 is 0 Å². The van der Waals surface area contributed by atoms with Crippen LogP contribution in [-0.4, -0.2) is 12.6 Å². The highest BCUT2D eigenvalue weighted by Gasteiger charge is 2.05. The van der Waals surface area contributed by atoms with Gasteiger partial charge in [-0.2, -0.15) is 0 Å². The molecule has 0 bridgehead atoms. The van der Waals surface area contributed by atoms with E-state index in [0.717, 1.165) is 6.54 Å². The summed E-state index contributed by atoms with van der Waals surface area (Å²) in [5.74, 6) is 0.602. The van der Waals surface area contributed by atoms with Gasteiger partial charge in [-0.3, -0.25) is 0 Å². The smallest absolute Gasteiger partial charge is 0.00363 e. The van der Waals surface area contributed by atoms with Crippen LogP contribution in [0.25, 0.3) is 0 Å². The first kappa shape index (κ1) is 11.3. The number of rotatable bonds is 5. The van der Waals surface area contributed by atoms with Crippen LogP contribution in [0.1, 0.15) is 38.7 Å². The minimum absolute atomic E-state index is 0.602. The van der Waals surface area contributed by atoms with Crippen LogP contribution in [0.4, 0.5) is 0 Å². The largest absolute Gasteiger partial charge is 0.314 e. The molecule has 78 valence electrons. The van der Waals surface area contributed by atoms with E-state index in [0.29, 0.717) is 12.0 Å². The van der Waals surface area contributed by atoms with Crippen molar-refractivity contribution in [3.05, 3.63) is 35.9 Å². The Morgan fingerprint density at radius 2 is 1.79 bits per heavy atom. The highest BCUT2D eigenvalue weighted by atomic mass is 14.9. The van der Waals surface area contributed by atoms with Gasteiger partial charge in [0.2, 0.25) is 0 Å². The second-order valence-corrected chi connectivity index (χ2v) is 4.03. The summed E-state index contributed by atoms with van der Waals surface area (Å²) in [5.41, 5.74) is 1.42. The maximum Gasteiger partial charge on any atom is 0.00363 e. The van der Waals surface area contributed by atoms with Crippen LogP contribution in [0.5, 0.6) is 0 Å². The van der Waals surface area contributed by atoms with E-state index in [1.54, 1.807) is 0 Å². The van der Waals surface area contributed by atoms with Gasteiger partial charge in [-0.15, -0.1) is 0 Å². The van der Waals surface area contributed by atoms with E-state index in [-0.39, 0.29) is 0 Å². The van der Waals surface area contributed by atoms with Gasteiger partial charge in [0.05, 0.1) is 0 Å². The molecule has 1 rings (SSSR count). The van der Waals surface area contributed by atoms with Crippen LogP contribution in [0.2, 0.25) is 0 Å². The molecule has 2 atom stereocenters. The summed E-state index contributed by atoms with van der Waals surface area (Å²) in [6, 6.07) is 11.3. The third kappa shape index (κ3) is 3.51. The molecule has 0 amide bonds. The molecule has 0 heterocycles. The molecule has 1 nitrogen and oxygen atoms in total. The zero-order valence-electron chi connectivity index (χ0n) is 9.46. The van der Waals surface area contributed by atoms with Gasteiger partial charge in [0.1, 0.15) is 0 Å². The van der Waals surface area contributed by atoms with Crippen molar-refractivity contribution in [3.63, 3.8) is 0 Å². The Morgan fingerprint density at radius 3 is 2.36 bits per heavy atom. The fraction of sp³-hybridized carbons (Fsp3) is 0.538. The molecule has 1 aromatic carbocycles. The van der Waals surface area contributed by atoms with E-state index < -0.39 is 0 Å².